The molecule has 0 aromatic heterocycles. The second-order valence-corrected chi connectivity index (χ2v) is 4.57. The van der Waals surface area contributed by atoms with Crippen molar-refractivity contribution < 1.29 is 13.2 Å². The van der Waals surface area contributed by atoms with Gasteiger partial charge in [0.25, 0.3) is 0 Å². The molecule has 0 bridgehead atoms. The quantitative estimate of drug-likeness (QED) is 0.594. The number of hydrogen-bond acceptors (Lipinski definition) is 0. The summed E-state index contributed by atoms with van der Waals surface area (Å²) in [4.78, 5) is 0. The van der Waals surface area contributed by atoms with E-state index in [0.717, 1.165) is 37.3 Å². The Morgan fingerprint density at radius 1 is 1.22 bits per heavy atom. The first kappa shape index (κ1) is 14.8. The molecule has 0 unspecified atom stereocenters. The summed E-state index contributed by atoms with van der Waals surface area (Å²) in [5.74, 6) is 0. The predicted octanol–water partition coefficient (Wildman–Crippen LogP) is 5.69. The van der Waals surface area contributed by atoms with Gasteiger partial charge in [-0.3, -0.25) is 0 Å². The van der Waals surface area contributed by atoms with Crippen molar-refractivity contribution in [2.75, 3.05) is 0 Å². The number of rotatable bonds is 5. The van der Waals surface area contributed by atoms with Crippen LogP contribution >= 0.6 is 0 Å². The fraction of sp³-hybridized carbons (Fsp3) is 0.467. The van der Waals surface area contributed by atoms with E-state index in [9.17, 15) is 13.2 Å². The number of allylic oxidation sites excluding steroid dienone is 1. The van der Waals surface area contributed by atoms with Gasteiger partial charge in [0.1, 0.15) is 0 Å². The average Bonchev–Trinajstić information content (AvgIpc) is 2.28. The molecule has 0 atom stereocenters. The smallest absolute Gasteiger partial charge is 0.166 e. The third kappa shape index (κ3) is 4.94. The molecule has 0 saturated heterocycles. The van der Waals surface area contributed by atoms with Crippen LogP contribution in [0.4, 0.5) is 13.2 Å². The molecule has 0 N–H and O–H groups in total. The Hall–Kier alpha value is -1.25. The maximum absolute atomic E-state index is 12.5. The monoisotopic (exact) mass is 256 g/mol. The van der Waals surface area contributed by atoms with Crippen molar-refractivity contribution >= 4 is 6.08 Å². The molecule has 18 heavy (non-hydrogen) atoms. The van der Waals surface area contributed by atoms with Crippen LogP contribution in [-0.4, -0.2) is 0 Å². The van der Waals surface area contributed by atoms with Crippen LogP contribution in [-0.2, 0) is 6.18 Å². The Morgan fingerprint density at radius 3 is 2.56 bits per heavy atom. The highest BCUT2D eigenvalue weighted by Crippen LogP contribution is 2.30. The van der Waals surface area contributed by atoms with Crippen molar-refractivity contribution in [1.82, 2.24) is 0 Å². The fourth-order valence-corrected chi connectivity index (χ4v) is 1.82. The molecule has 0 aliphatic carbocycles. The van der Waals surface area contributed by atoms with Crippen molar-refractivity contribution in [1.29, 1.82) is 0 Å². The van der Waals surface area contributed by atoms with E-state index < -0.39 is 11.7 Å². The lowest BCUT2D eigenvalue weighted by molar-refractivity contribution is -0.137. The SMILES string of the molecule is CCCCC/C(C)=C/c1cccc(C(F)(F)F)c1. The minimum Gasteiger partial charge on any atom is -0.166 e. The summed E-state index contributed by atoms with van der Waals surface area (Å²) >= 11 is 0. The lowest BCUT2D eigenvalue weighted by atomic mass is 10.0. The fourth-order valence-electron chi connectivity index (χ4n) is 1.82. The van der Waals surface area contributed by atoms with E-state index in [0.29, 0.717) is 5.56 Å². The highest BCUT2D eigenvalue weighted by molar-refractivity contribution is 5.53. The predicted molar refractivity (Wildman–Crippen MR) is 69.2 cm³/mol. The molecule has 0 amide bonds. The first-order valence-electron chi connectivity index (χ1n) is 6.28. The van der Waals surface area contributed by atoms with Gasteiger partial charge in [-0.2, -0.15) is 13.2 Å². The molecule has 0 nitrogen and oxygen atoms in total. The van der Waals surface area contributed by atoms with Crippen molar-refractivity contribution in [3.05, 3.63) is 41.0 Å². The van der Waals surface area contributed by atoms with Crippen molar-refractivity contribution in [3.8, 4) is 0 Å². The number of unbranched alkanes of at least 4 members (excludes halogenated alkanes) is 2. The van der Waals surface area contributed by atoms with Gasteiger partial charge in [0, 0.05) is 0 Å². The summed E-state index contributed by atoms with van der Waals surface area (Å²) in [6, 6.07) is 5.46. The summed E-state index contributed by atoms with van der Waals surface area (Å²) in [7, 11) is 0. The van der Waals surface area contributed by atoms with Crippen molar-refractivity contribution in [2.45, 2.75) is 45.7 Å². The molecule has 0 aliphatic heterocycles. The summed E-state index contributed by atoms with van der Waals surface area (Å²) in [5.41, 5.74) is 1.17. The minimum atomic E-state index is -4.26. The Kier molecular flexibility index (Phi) is 5.45. The van der Waals surface area contributed by atoms with Gasteiger partial charge in [-0.05, 0) is 37.5 Å². The van der Waals surface area contributed by atoms with Crippen molar-refractivity contribution in [3.63, 3.8) is 0 Å². The highest BCUT2D eigenvalue weighted by atomic mass is 19.4. The van der Waals surface area contributed by atoms with E-state index in [2.05, 4.69) is 6.92 Å². The third-order valence-electron chi connectivity index (χ3n) is 2.80. The summed E-state index contributed by atoms with van der Waals surface area (Å²) < 4.78 is 37.6. The van der Waals surface area contributed by atoms with E-state index >= 15 is 0 Å². The molecule has 1 aromatic carbocycles. The zero-order chi connectivity index (χ0) is 13.6. The molecular formula is C15H19F3. The van der Waals surface area contributed by atoms with Gasteiger partial charge in [-0.1, -0.05) is 43.5 Å². The van der Waals surface area contributed by atoms with E-state index in [1.165, 1.54) is 12.1 Å². The van der Waals surface area contributed by atoms with Crippen molar-refractivity contribution in [2.24, 2.45) is 0 Å². The zero-order valence-electron chi connectivity index (χ0n) is 10.8. The van der Waals surface area contributed by atoms with Crippen LogP contribution in [0.15, 0.2) is 29.8 Å². The Balaban J connectivity index is 2.75. The molecule has 0 aliphatic rings. The van der Waals surface area contributed by atoms with Crippen LogP contribution in [0.1, 0.15) is 50.7 Å². The van der Waals surface area contributed by atoms with Gasteiger partial charge in [-0.15, -0.1) is 0 Å². The molecule has 0 heterocycles. The maximum atomic E-state index is 12.5. The van der Waals surface area contributed by atoms with Gasteiger partial charge < -0.3 is 0 Å². The number of hydrogen-bond donors (Lipinski definition) is 0. The molecule has 1 aromatic rings. The van der Waals surface area contributed by atoms with Crippen LogP contribution < -0.4 is 0 Å². The Bertz CT molecular complexity index is 402. The van der Waals surface area contributed by atoms with Gasteiger partial charge in [-0.25, -0.2) is 0 Å². The Morgan fingerprint density at radius 2 is 1.94 bits per heavy atom. The van der Waals surface area contributed by atoms with Crippen LogP contribution in [0.5, 0.6) is 0 Å². The van der Waals surface area contributed by atoms with E-state index in [1.807, 2.05) is 13.0 Å². The first-order valence-corrected chi connectivity index (χ1v) is 6.28. The van der Waals surface area contributed by atoms with E-state index in [-0.39, 0.29) is 0 Å². The van der Waals surface area contributed by atoms with Gasteiger partial charge in [0.05, 0.1) is 5.56 Å². The van der Waals surface area contributed by atoms with Crippen LogP contribution in [0, 0.1) is 0 Å². The van der Waals surface area contributed by atoms with E-state index in [4.69, 9.17) is 0 Å². The first-order chi connectivity index (χ1) is 8.43. The largest absolute Gasteiger partial charge is 0.416 e. The van der Waals surface area contributed by atoms with Gasteiger partial charge >= 0.3 is 6.18 Å². The van der Waals surface area contributed by atoms with Crippen LogP contribution in [0.3, 0.4) is 0 Å². The van der Waals surface area contributed by atoms with Crippen LogP contribution in [0.2, 0.25) is 0 Å². The van der Waals surface area contributed by atoms with Gasteiger partial charge in [0.2, 0.25) is 0 Å². The molecular weight excluding hydrogens is 237 g/mol. The topological polar surface area (TPSA) is 0 Å². The lowest BCUT2D eigenvalue weighted by Gasteiger charge is -2.07. The van der Waals surface area contributed by atoms with E-state index in [1.54, 1.807) is 6.07 Å². The standard InChI is InChI=1S/C15H19F3/c1-3-4-5-7-12(2)10-13-8-6-9-14(11-13)15(16,17)18/h6,8-11H,3-5,7H2,1-2H3/b12-10+. The lowest BCUT2D eigenvalue weighted by Crippen LogP contribution is -2.04. The molecule has 0 radical (unpaired) electrons. The maximum Gasteiger partial charge on any atom is 0.416 e. The van der Waals surface area contributed by atoms with Gasteiger partial charge in [0.15, 0.2) is 0 Å². The molecule has 3 heteroatoms. The summed E-state index contributed by atoms with van der Waals surface area (Å²) in [6.45, 7) is 4.10. The molecule has 0 saturated carbocycles. The third-order valence-corrected chi connectivity index (χ3v) is 2.80. The summed E-state index contributed by atoms with van der Waals surface area (Å²) in [6.07, 6.45) is 1.93. The zero-order valence-corrected chi connectivity index (χ0v) is 10.8. The summed E-state index contributed by atoms with van der Waals surface area (Å²) in [5, 5.41) is 0. The molecule has 100 valence electrons. The second-order valence-electron chi connectivity index (χ2n) is 4.57. The highest BCUT2D eigenvalue weighted by Gasteiger charge is 2.30. The average molecular weight is 256 g/mol. The Labute approximate surface area is 107 Å². The molecule has 0 spiro atoms. The second kappa shape index (κ2) is 6.62. The number of alkyl halides is 3. The number of halogens is 3. The molecule has 0 fully saturated rings. The van der Waals surface area contributed by atoms with Crippen LogP contribution in [0.25, 0.3) is 6.08 Å². The molecule has 1 rings (SSSR count). The minimum absolute atomic E-state index is 0.586. The normalized spacial score (nSPS) is 12.8. The number of benzene rings is 1.